The van der Waals surface area contributed by atoms with Gasteiger partial charge in [0.15, 0.2) is 5.13 Å². The Kier molecular flexibility index (Phi) is 3.50. The zero-order valence-electron chi connectivity index (χ0n) is 10.3. The fourth-order valence-corrected chi connectivity index (χ4v) is 2.73. The highest BCUT2D eigenvalue weighted by molar-refractivity contribution is 7.13. The van der Waals surface area contributed by atoms with Gasteiger partial charge < -0.3 is 9.64 Å². The van der Waals surface area contributed by atoms with Crippen LogP contribution in [-0.4, -0.2) is 31.3 Å². The molecule has 2 rings (SSSR count). The fourth-order valence-electron chi connectivity index (χ4n) is 1.66. The number of anilines is 1. The van der Waals surface area contributed by atoms with Gasteiger partial charge in [0.1, 0.15) is 0 Å². The Bertz CT molecular complexity index is 343. The molecule has 0 aromatic carbocycles. The molecule has 0 saturated carbocycles. The van der Waals surface area contributed by atoms with Crippen LogP contribution in [0.2, 0.25) is 0 Å². The minimum absolute atomic E-state index is 0.195. The lowest BCUT2D eigenvalue weighted by molar-refractivity contribution is 0.122. The van der Waals surface area contributed by atoms with E-state index < -0.39 is 0 Å². The van der Waals surface area contributed by atoms with E-state index in [0.29, 0.717) is 0 Å². The van der Waals surface area contributed by atoms with Gasteiger partial charge in [-0.25, -0.2) is 4.98 Å². The highest BCUT2D eigenvalue weighted by Gasteiger charge is 2.23. The first-order valence-corrected chi connectivity index (χ1v) is 6.80. The SMILES string of the molecule is CCC(C)(C)c1csc(N2CCOCC2)n1. The standard InChI is InChI=1S/C12H20N2OS/c1-4-12(2,3)10-9-16-11(13-10)14-5-7-15-8-6-14/h9H,4-8H2,1-3H3. The lowest BCUT2D eigenvalue weighted by atomic mass is 9.87. The summed E-state index contributed by atoms with van der Waals surface area (Å²) in [5, 5.41) is 3.36. The number of hydrogen-bond acceptors (Lipinski definition) is 4. The molecule has 0 N–H and O–H groups in total. The van der Waals surface area contributed by atoms with Gasteiger partial charge in [-0.15, -0.1) is 11.3 Å². The van der Waals surface area contributed by atoms with Gasteiger partial charge in [-0.2, -0.15) is 0 Å². The predicted molar refractivity (Wildman–Crippen MR) is 68.5 cm³/mol. The van der Waals surface area contributed by atoms with Gasteiger partial charge in [0.25, 0.3) is 0 Å². The van der Waals surface area contributed by atoms with Crippen LogP contribution < -0.4 is 4.90 Å². The number of aromatic nitrogens is 1. The van der Waals surface area contributed by atoms with Crippen molar-refractivity contribution in [3.63, 3.8) is 0 Å². The van der Waals surface area contributed by atoms with Crippen LogP contribution in [-0.2, 0) is 10.2 Å². The molecule has 1 aromatic heterocycles. The summed E-state index contributed by atoms with van der Waals surface area (Å²) in [6.45, 7) is 10.3. The van der Waals surface area contributed by atoms with Crippen molar-refractivity contribution in [3.05, 3.63) is 11.1 Å². The number of hydrogen-bond donors (Lipinski definition) is 0. The van der Waals surface area contributed by atoms with E-state index in [-0.39, 0.29) is 5.41 Å². The summed E-state index contributed by atoms with van der Waals surface area (Å²) in [4.78, 5) is 7.09. The average Bonchev–Trinajstić information content (AvgIpc) is 2.80. The molecule has 0 aliphatic carbocycles. The van der Waals surface area contributed by atoms with Gasteiger partial charge in [0, 0.05) is 23.9 Å². The Morgan fingerprint density at radius 1 is 1.44 bits per heavy atom. The molecule has 2 heterocycles. The Balaban J connectivity index is 2.12. The van der Waals surface area contributed by atoms with Crippen LogP contribution in [0.15, 0.2) is 5.38 Å². The van der Waals surface area contributed by atoms with E-state index in [0.717, 1.165) is 37.9 Å². The monoisotopic (exact) mass is 240 g/mol. The van der Waals surface area contributed by atoms with E-state index in [2.05, 4.69) is 31.1 Å². The summed E-state index contributed by atoms with van der Waals surface area (Å²) in [6.07, 6.45) is 1.12. The van der Waals surface area contributed by atoms with Crippen molar-refractivity contribution in [3.8, 4) is 0 Å². The van der Waals surface area contributed by atoms with Crippen LogP contribution in [0.3, 0.4) is 0 Å². The third-order valence-corrected chi connectivity index (χ3v) is 4.25. The average molecular weight is 240 g/mol. The quantitative estimate of drug-likeness (QED) is 0.812. The summed E-state index contributed by atoms with van der Waals surface area (Å²) in [7, 11) is 0. The van der Waals surface area contributed by atoms with Crippen molar-refractivity contribution in [2.45, 2.75) is 32.6 Å². The maximum Gasteiger partial charge on any atom is 0.185 e. The number of thiazole rings is 1. The number of nitrogens with zero attached hydrogens (tertiary/aromatic N) is 2. The van der Waals surface area contributed by atoms with Crippen molar-refractivity contribution in [1.82, 2.24) is 4.98 Å². The van der Waals surface area contributed by atoms with Gasteiger partial charge >= 0.3 is 0 Å². The molecule has 1 aromatic rings. The molecule has 0 atom stereocenters. The summed E-state index contributed by atoms with van der Waals surface area (Å²) >= 11 is 1.76. The molecule has 0 spiro atoms. The molecule has 4 heteroatoms. The molecule has 0 bridgehead atoms. The Labute approximate surface area is 101 Å². The van der Waals surface area contributed by atoms with Crippen LogP contribution in [0, 0.1) is 0 Å². The Morgan fingerprint density at radius 2 is 2.12 bits per heavy atom. The minimum Gasteiger partial charge on any atom is -0.378 e. The van der Waals surface area contributed by atoms with Gasteiger partial charge in [-0.1, -0.05) is 20.8 Å². The summed E-state index contributed by atoms with van der Waals surface area (Å²) in [5.41, 5.74) is 1.42. The lowest BCUT2D eigenvalue weighted by Crippen LogP contribution is -2.36. The van der Waals surface area contributed by atoms with Gasteiger partial charge in [0.2, 0.25) is 0 Å². The first-order valence-electron chi connectivity index (χ1n) is 5.92. The van der Waals surface area contributed by atoms with Crippen LogP contribution in [0.4, 0.5) is 5.13 Å². The van der Waals surface area contributed by atoms with Crippen molar-refractivity contribution in [1.29, 1.82) is 0 Å². The number of rotatable bonds is 3. The molecular weight excluding hydrogens is 220 g/mol. The maximum absolute atomic E-state index is 5.35. The molecule has 1 aliphatic rings. The first-order chi connectivity index (χ1) is 7.63. The zero-order valence-corrected chi connectivity index (χ0v) is 11.1. The topological polar surface area (TPSA) is 25.4 Å². The molecule has 16 heavy (non-hydrogen) atoms. The van der Waals surface area contributed by atoms with E-state index in [9.17, 15) is 0 Å². The highest BCUT2D eigenvalue weighted by Crippen LogP contribution is 2.31. The van der Waals surface area contributed by atoms with Crippen molar-refractivity contribution in [2.24, 2.45) is 0 Å². The van der Waals surface area contributed by atoms with E-state index >= 15 is 0 Å². The minimum atomic E-state index is 0.195. The molecule has 0 unspecified atom stereocenters. The van der Waals surface area contributed by atoms with Gasteiger partial charge in [0.05, 0.1) is 18.9 Å². The van der Waals surface area contributed by atoms with Crippen LogP contribution >= 0.6 is 11.3 Å². The Hall–Kier alpha value is -0.610. The third-order valence-electron chi connectivity index (χ3n) is 3.35. The summed E-state index contributed by atoms with van der Waals surface area (Å²) in [6, 6.07) is 0. The predicted octanol–water partition coefficient (Wildman–Crippen LogP) is 2.67. The maximum atomic E-state index is 5.35. The van der Waals surface area contributed by atoms with Crippen LogP contribution in [0.25, 0.3) is 0 Å². The van der Waals surface area contributed by atoms with Crippen molar-refractivity contribution >= 4 is 16.5 Å². The van der Waals surface area contributed by atoms with E-state index in [1.807, 2.05) is 0 Å². The van der Waals surface area contributed by atoms with E-state index in [1.165, 1.54) is 5.69 Å². The Morgan fingerprint density at radius 3 is 2.75 bits per heavy atom. The van der Waals surface area contributed by atoms with Crippen LogP contribution in [0.5, 0.6) is 0 Å². The molecule has 1 fully saturated rings. The fraction of sp³-hybridized carbons (Fsp3) is 0.750. The number of ether oxygens (including phenoxy) is 1. The second-order valence-electron chi connectivity index (χ2n) is 4.85. The highest BCUT2D eigenvalue weighted by atomic mass is 32.1. The molecule has 0 radical (unpaired) electrons. The van der Waals surface area contributed by atoms with Crippen LogP contribution in [0.1, 0.15) is 32.9 Å². The summed E-state index contributed by atoms with van der Waals surface area (Å²) in [5.74, 6) is 0. The lowest BCUT2D eigenvalue weighted by Gasteiger charge is -2.26. The third kappa shape index (κ3) is 2.38. The van der Waals surface area contributed by atoms with E-state index in [1.54, 1.807) is 11.3 Å². The van der Waals surface area contributed by atoms with Gasteiger partial charge in [-0.3, -0.25) is 0 Å². The van der Waals surface area contributed by atoms with Crippen molar-refractivity contribution in [2.75, 3.05) is 31.2 Å². The molecule has 3 nitrogen and oxygen atoms in total. The van der Waals surface area contributed by atoms with Gasteiger partial charge in [-0.05, 0) is 6.42 Å². The molecule has 1 saturated heterocycles. The second-order valence-corrected chi connectivity index (χ2v) is 5.69. The normalized spacial score (nSPS) is 17.8. The molecule has 90 valence electrons. The largest absolute Gasteiger partial charge is 0.378 e. The smallest absolute Gasteiger partial charge is 0.185 e. The number of morpholine rings is 1. The molecular formula is C12H20N2OS. The molecule has 1 aliphatic heterocycles. The zero-order chi connectivity index (χ0) is 11.6. The van der Waals surface area contributed by atoms with Crippen molar-refractivity contribution < 1.29 is 4.74 Å². The first kappa shape index (κ1) is 11.9. The second kappa shape index (κ2) is 4.72. The molecule has 0 amide bonds. The summed E-state index contributed by atoms with van der Waals surface area (Å²) < 4.78 is 5.35. The van der Waals surface area contributed by atoms with E-state index in [4.69, 9.17) is 9.72 Å².